The first-order chi connectivity index (χ1) is 31.1. The van der Waals surface area contributed by atoms with Crippen LogP contribution in [0.2, 0.25) is 0 Å². The predicted molar refractivity (Wildman–Crippen MR) is 261 cm³/mol. The Hall–Kier alpha value is -6.95. The molecule has 1 saturated carbocycles. The van der Waals surface area contributed by atoms with E-state index in [1.54, 1.807) is 0 Å². The lowest BCUT2D eigenvalue weighted by molar-refractivity contribution is 0.402. The van der Waals surface area contributed by atoms with Crippen LogP contribution in [0, 0.1) is 29.6 Å². The van der Waals surface area contributed by atoms with E-state index in [1.165, 1.54) is 57.5 Å². The van der Waals surface area contributed by atoms with Gasteiger partial charge >= 0.3 is 0 Å². The van der Waals surface area contributed by atoms with E-state index in [2.05, 4.69) is 184 Å². The van der Waals surface area contributed by atoms with E-state index in [0.29, 0.717) is 18.3 Å². The fourth-order valence-corrected chi connectivity index (χ4v) is 12.5. The van der Waals surface area contributed by atoms with Gasteiger partial charge in [0.2, 0.25) is 0 Å². The number of para-hydroxylation sites is 4. The minimum Gasteiger partial charge on any atom is -0.335 e. The predicted octanol–water partition coefficient (Wildman–Crippen LogP) is 14.0. The molecule has 5 aromatic carbocycles. The summed E-state index contributed by atoms with van der Waals surface area (Å²) in [6, 6.07) is 41.6. The monoisotopic (exact) mass is 817 g/mol. The summed E-state index contributed by atoms with van der Waals surface area (Å²) < 4.78 is 5.00. The summed E-state index contributed by atoms with van der Waals surface area (Å²) in [5, 5.41) is 14.8. The van der Waals surface area contributed by atoms with E-state index < -0.39 is 0 Å². The minimum atomic E-state index is 0.147. The summed E-state index contributed by atoms with van der Waals surface area (Å²) in [7, 11) is 0. The van der Waals surface area contributed by atoms with Gasteiger partial charge in [0.1, 0.15) is 11.6 Å². The van der Waals surface area contributed by atoms with Crippen LogP contribution < -0.4 is 9.80 Å². The third-order valence-electron chi connectivity index (χ3n) is 15.0. The van der Waals surface area contributed by atoms with Crippen molar-refractivity contribution in [2.24, 2.45) is 5.92 Å². The molecule has 1 fully saturated rings. The van der Waals surface area contributed by atoms with Gasteiger partial charge in [-0.1, -0.05) is 123 Å². The molecule has 0 radical (unpaired) electrons. The van der Waals surface area contributed by atoms with Crippen molar-refractivity contribution in [2.75, 3.05) is 9.80 Å². The Morgan fingerprint density at radius 1 is 0.730 bits per heavy atom. The fourth-order valence-electron chi connectivity index (χ4n) is 12.5. The first-order valence-electron chi connectivity index (χ1n) is 23.1. The largest absolute Gasteiger partial charge is 0.335 e. The maximum Gasteiger partial charge on any atom is 0.104 e. The van der Waals surface area contributed by atoms with Gasteiger partial charge in [-0.3, -0.25) is 0 Å². The number of nitrogens with zero attached hydrogens (tertiary/aromatic N) is 5. The molecule has 5 atom stereocenters. The summed E-state index contributed by atoms with van der Waals surface area (Å²) >= 11 is 0. The van der Waals surface area contributed by atoms with Crippen LogP contribution in [-0.2, 0) is 12.8 Å². The number of fused-ring (bicyclic) bond motifs is 10. The third-order valence-corrected chi connectivity index (χ3v) is 15.0. The molecule has 0 N–H and O–H groups in total. The number of aromatic nitrogens is 2. The Kier molecular flexibility index (Phi) is 8.91. The van der Waals surface area contributed by atoms with Gasteiger partial charge in [-0.25, -0.2) is 0 Å². The van der Waals surface area contributed by atoms with Crippen molar-refractivity contribution in [3.63, 3.8) is 0 Å². The molecule has 5 heteroatoms. The van der Waals surface area contributed by atoms with Gasteiger partial charge in [0.25, 0.3) is 0 Å². The van der Waals surface area contributed by atoms with E-state index in [4.69, 9.17) is 6.42 Å². The lowest BCUT2D eigenvalue weighted by Gasteiger charge is -2.39. The van der Waals surface area contributed by atoms with Crippen molar-refractivity contribution in [1.29, 1.82) is 5.26 Å². The van der Waals surface area contributed by atoms with E-state index in [9.17, 15) is 5.26 Å². The molecule has 0 spiro atoms. The zero-order valence-electron chi connectivity index (χ0n) is 36.1. The van der Waals surface area contributed by atoms with E-state index >= 15 is 0 Å². The molecule has 2 aliphatic heterocycles. The lowest BCUT2D eigenvalue weighted by Crippen LogP contribution is -2.35. The van der Waals surface area contributed by atoms with E-state index in [-0.39, 0.29) is 18.0 Å². The summed E-state index contributed by atoms with van der Waals surface area (Å²) in [6.45, 7) is 4.41. The number of benzene rings is 5. The highest BCUT2D eigenvalue weighted by Gasteiger charge is 2.46. The maximum atomic E-state index is 12.4. The van der Waals surface area contributed by atoms with Crippen LogP contribution in [0.15, 0.2) is 127 Å². The van der Waals surface area contributed by atoms with Gasteiger partial charge in [-0.2, -0.15) is 5.26 Å². The first-order valence-corrected chi connectivity index (χ1v) is 23.1. The normalized spacial score (nSPS) is 21.9. The van der Waals surface area contributed by atoms with Crippen molar-refractivity contribution >= 4 is 56.7 Å². The zero-order chi connectivity index (χ0) is 42.3. The number of rotatable bonds is 6. The molecule has 308 valence electrons. The molecule has 0 amide bonds. The molecule has 3 aliphatic carbocycles. The molecular weight excluding hydrogens is 767 g/mol. The maximum absolute atomic E-state index is 12.4. The highest BCUT2D eigenvalue weighted by Crippen LogP contribution is 2.58. The second-order valence-corrected chi connectivity index (χ2v) is 18.4. The Morgan fingerprint density at radius 2 is 1.40 bits per heavy atom. The molecule has 5 unspecified atom stereocenters. The van der Waals surface area contributed by atoms with Crippen molar-refractivity contribution < 1.29 is 0 Å². The van der Waals surface area contributed by atoms with Crippen molar-refractivity contribution in [3.05, 3.63) is 167 Å². The van der Waals surface area contributed by atoms with Crippen molar-refractivity contribution in [3.8, 4) is 29.8 Å². The number of hydrogen-bond acceptors (Lipinski definition) is 3. The SMILES string of the molecule is C#CCc1c(/C=C\C)n(-c2cc(-n3c4c(c5ccccc53)C=CC(C)C4)c(N3c4ccccc4C4CCCCC43)c(C#N)c2N2c3ccccc3C3C=CCCC32)c2ccccc12. The molecule has 12 rings (SSSR count). The van der Waals surface area contributed by atoms with Gasteiger partial charge in [0.05, 0.1) is 39.5 Å². The van der Waals surface area contributed by atoms with Gasteiger partial charge < -0.3 is 18.9 Å². The number of nitriles is 1. The highest BCUT2D eigenvalue weighted by molar-refractivity contribution is 6.00. The van der Waals surface area contributed by atoms with Gasteiger partial charge in [-0.15, -0.1) is 12.3 Å². The smallest absolute Gasteiger partial charge is 0.104 e. The topological polar surface area (TPSA) is 40.1 Å². The van der Waals surface area contributed by atoms with E-state index in [1.807, 2.05) is 0 Å². The average Bonchev–Trinajstić information content (AvgIpc) is 4.03. The molecule has 5 aliphatic rings. The molecule has 7 aromatic rings. The second-order valence-electron chi connectivity index (χ2n) is 18.4. The quantitative estimate of drug-likeness (QED) is 0.124. The Labute approximate surface area is 370 Å². The van der Waals surface area contributed by atoms with Gasteiger partial charge in [0, 0.05) is 63.7 Å². The van der Waals surface area contributed by atoms with Crippen molar-refractivity contribution in [1.82, 2.24) is 9.13 Å². The first kappa shape index (κ1) is 37.8. The zero-order valence-corrected chi connectivity index (χ0v) is 36.1. The molecule has 0 saturated heterocycles. The van der Waals surface area contributed by atoms with Crippen LogP contribution in [0.1, 0.15) is 103 Å². The molecule has 63 heavy (non-hydrogen) atoms. The van der Waals surface area contributed by atoms with Crippen LogP contribution in [0.4, 0.5) is 22.7 Å². The average molecular weight is 818 g/mol. The Morgan fingerprint density at radius 3 is 2.17 bits per heavy atom. The van der Waals surface area contributed by atoms with Crippen LogP contribution in [0.25, 0.3) is 45.3 Å². The van der Waals surface area contributed by atoms with Crippen LogP contribution in [-0.4, -0.2) is 21.2 Å². The third kappa shape index (κ3) is 5.49. The fraction of sp³-hybridized carbons (Fsp3) is 0.259. The molecule has 4 heterocycles. The van der Waals surface area contributed by atoms with Crippen LogP contribution in [0.5, 0.6) is 0 Å². The summed E-state index contributed by atoms with van der Waals surface area (Å²) in [6.07, 6.45) is 28.1. The number of terminal acetylenes is 1. The second kappa shape index (κ2) is 14.9. The molecule has 5 nitrogen and oxygen atoms in total. The summed E-state index contributed by atoms with van der Waals surface area (Å²) in [5.74, 6) is 4.01. The number of hydrogen-bond donors (Lipinski definition) is 0. The standard InChI is InChI=1S/C58H51N5/c1-4-18-38-39-20-6-12-26-48(39)60(47(38)19-5-2)55-35-56(61-49-27-13-7-25-44(49)45-33-32-37(3)34-54(45)61)58(63-52-30-16-10-23-42(52)43-24-11-17-31-53(43)63)46(36-59)57(55)62-50-28-14-8-21-40(50)41-22-9-15-29-51(41)62/h1,5-10,12-14,16,19-23,25-28,30,32-33,35,37,41,43,51,53H,11,15,17-18,24,29,31,34H2,2-3H3/b19-5-. The molecule has 0 bridgehead atoms. The summed E-state index contributed by atoms with van der Waals surface area (Å²) in [5.41, 5.74) is 16.9. The van der Waals surface area contributed by atoms with Crippen LogP contribution >= 0.6 is 0 Å². The van der Waals surface area contributed by atoms with Gasteiger partial charge in [-0.05, 0) is 98.0 Å². The van der Waals surface area contributed by atoms with E-state index in [0.717, 1.165) is 82.6 Å². The number of anilines is 4. The van der Waals surface area contributed by atoms with Crippen LogP contribution in [0.3, 0.4) is 0 Å². The minimum absolute atomic E-state index is 0.147. The molecular formula is C58H51N5. The lowest BCUT2D eigenvalue weighted by atomic mass is 9.82. The molecule has 2 aromatic heterocycles. The summed E-state index contributed by atoms with van der Waals surface area (Å²) in [4.78, 5) is 5.24. The van der Waals surface area contributed by atoms with Crippen molar-refractivity contribution in [2.45, 2.75) is 89.1 Å². The Bertz CT molecular complexity index is 3190. The Balaban J connectivity index is 1.30. The number of allylic oxidation sites excluding steroid dienone is 3. The highest BCUT2D eigenvalue weighted by atomic mass is 15.3. The van der Waals surface area contributed by atoms with Gasteiger partial charge in [0.15, 0.2) is 0 Å².